The normalized spacial score (nSPS) is 10.2. The van der Waals surface area contributed by atoms with Crippen molar-refractivity contribution in [1.29, 1.82) is 0 Å². The van der Waals surface area contributed by atoms with Crippen LogP contribution in [-0.2, 0) is 5.11 Å². The van der Waals surface area contributed by atoms with E-state index in [2.05, 4.69) is 6.07 Å². The van der Waals surface area contributed by atoms with Gasteiger partial charge in [-0.05, 0) is 54.6 Å². The van der Waals surface area contributed by atoms with Gasteiger partial charge in [-0.2, -0.15) is 0 Å². The van der Waals surface area contributed by atoms with E-state index in [9.17, 15) is 9.90 Å². The van der Waals surface area contributed by atoms with E-state index in [1.54, 1.807) is 60.7 Å². The Morgan fingerprint density at radius 1 is 0.727 bits per heavy atom. The van der Waals surface area contributed by atoms with E-state index >= 15 is 0 Å². The molecule has 3 rings (SSSR count). The molecule has 0 spiro atoms. The lowest BCUT2D eigenvalue weighted by Gasteiger charge is -2.06. The average molecular weight is 288 g/mol. The van der Waals surface area contributed by atoms with Gasteiger partial charge in [-0.15, -0.1) is 0 Å². The van der Waals surface area contributed by atoms with E-state index in [-0.39, 0.29) is 11.5 Å². The van der Waals surface area contributed by atoms with Crippen molar-refractivity contribution in [2.24, 2.45) is 0 Å². The Morgan fingerprint density at radius 3 is 1.82 bits per heavy atom. The molecule has 22 heavy (non-hydrogen) atoms. The molecule has 3 aromatic carbocycles. The molecule has 0 atom stereocenters. The fraction of sp³-hybridized carbons (Fsp3) is 0. The SMILES string of the molecule is [O]c1ccc(Oc2ccc(C(=O)c3cc[c]cc3)cc2)cc1. The minimum Gasteiger partial charge on any atom is -0.457 e. The summed E-state index contributed by atoms with van der Waals surface area (Å²) in [5, 5.41) is 11.0. The molecule has 0 aliphatic rings. The number of rotatable bonds is 4. The van der Waals surface area contributed by atoms with Gasteiger partial charge in [-0.1, -0.05) is 24.3 Å². The van der Waals surface area contributed by atoms with Crippen LogP contribution in [0.25, 0.3) is 0 Å². The predicted octanol–water partition coefficient (Wildman–Crippen LogP) is 4.65. The van der Waals surface area contributed by atoms with Crippen molar-refractivity contribution >= 4 is 5.78 Å². The largest absolute Gasteiger partial charge is 0.457 e. The van der Waals surface area contributed by atoms with Crippen LogP contribution in [0.3, 0.4) is 0 Å². The zero-order valence-electron chi connectivity index (χ0n) is 11.7. The fourth-order valence-corrected chi connectivity index (χ4v) is 2.02. The van der Waals surface area contributed by atoms with Crippen LogP contribution >= 0.6 is 0 Å². The predicted molar refractivity (Wildman–Crippen MR) is 81.8 cm³/mol. The van der Waals surface area contributed by atoms with E-state index in [1.165, 1.54) is 12.1 Å². The first-order valence-electron chi connectivity index (χ1n) is 6.78. The summed E-state index contributed by atoms with van der Waals surface area (Å²) in [4.78, 5) is 12.3. The molecule has 0 aliphatic carbocycles. The van der Waals surface area contributed by atoms with E-state index < -0.39 is 0 Å². The molecule has 3 heteroatoms. The van der Waals surface area contributed by atoms with Gasteiger partial charge in [0, 0.05) is 11.1 Å². The molecule has 0 amide bonds. The standard InChI is InChI=1S/C19H12O3/c20-16-8-12-18(13-9-16)22-17-10-6-15(7-11-17)19(21)14-4-2-1-3-5-14/h2-13H. The van der Waals surface area contributed by atoms with Crippen LogP contribution < -0.4 is 4.74 Å². The van der Waals surface area contributed by atoms with E-state index in [4.69, 9.17) is 4.74 Å². The molecule has 0 bridgehead atoms. The number of ketones is 1. The third kappa shape index (κ3) is 3.15. The molecule has 3 nitrogen and oxygen atoms in total. The molecule has 0 aliphatic heterocycles. The van der Waals surface area contributed by atoms with Gasteiger partial charge in [-0.25, -0.2) is 0 Å². The first-order chi connectivity index (χ1) is 10.7. The van der Waals surface area contributed by atoms with Crippen molar-refractivity contribution < 1.29 is 14.6 Å². The number of carbonyl (C=O) groups excluding carboxylic acids is 1. The third-order valence-electron chi connectivity index (χ3n) is 3.16. The van der Waals surface area contributed by atoms with Crippen LogP contribution in [0, 0.1) is 6.07 Å². The maximum atomic E-state index is 12.3. The molecule has 0 N–H and O–H groups in total. The Balaban J connectivity index is 1.75. The summed E-state index contributed by atoms with van der Waals surface area (Å²) in [5.41, 5.74) is 1.21. The van der Waals surface area contributed by atoms with Gasteiger partial charge in [0.25, 0.3) is 0 Å². The maximum Gasteiger partial charge on any atom is 0.193 e. The Labute approximate surface area is 128 Å². The zero-order valence-corrected chi connectivity index (χ0v) is 11.7. The lowest BCUT2D eigenvalue weighted by molar-refractivity contribution is 0.103. The quantitative estimate of drug-likeness (QED) is 0.656. The van der Waals surface area contributed by atoms with Crippen molar-refractivity contribution in [3.05, 3.63) is 90.0 Å². The summed E-state index contributed by atoms with van der Waals surface area (Å²) in [6.07, 6.45) is 0. The van der Waals surface area contributed by atoms with Crippen molar-refractivity contribution in [3.63, 3.8) is 0 Å². The fourth-order valence-electron chi connectivity index (χ4n) is 2.02. The molecule has 0 unspecified atom stereocenters. The Hall–Kier alpha value is -3.07. The first kappa shape index (κ1) is 13.9. The van der Waals surface area contributed by atoms with Gasteiger partial charge < -0.3 is 4.74 Å². The summed E-state index contributed by atoms with van der Waals surface area (Å²) < 4.78 is 5.62. The Bertz CT molecular complexity index is 760. The average Bonchev–Trinajstić information content (AvgIpc) is 2.58. The molecule has 0 aromatic heterocycles. The van der Waals surface area contributed by atoms with Crippen LogP contribution in [0.2, 0.25) is 0 Å². The molecule has 3 aromatic rings. The van der Waals surface area contributed by atoms with Gasteiger partial charge in [0.2, 0.25) is 0 Å². The summed E-state index contributed by atoms with van der Waals surface area (Å²) in [7, 11) is 0. The Kier molecular flexibility index (Phi) is 3.88. The molecule has 2 radical (unpaired) electrons. The molecular formula is C19H12O3. The second kappa shape index (κ2) is 6.14. The summed E-state index contributed by atoms with van der Waals surface area (Å²) >= 11 is 0. The van der Waals surface area contributed by atoms with Crippen LogP contribution in [0.15, 0.2) is 72.8 Å². The van der Waals surface area contributed by atoms with Gasteiger partial charge in [0.05, 0.1) is 0 Å². The van der Waals surface area contributed by atoms with Crippen LogP contribution in [0.4, 0.5) is 0 Å². The van der Waals surface area contributed by atoms with Crippen LogP contribution in [0.1, 0.15) is 15.9 Å². The topological polar surface area (TPSA) is 46.2 Å². The minimum atomic E-state index is -0.0617. The van der Waals surface area contributed by atoms with E-state index in [1.807, 2.05) is 0 Å². The number of hydrogen-bond acceptors (Lipinski definition) is 2. The van der Waals surface area contributed by atoms with Gasteiger partial charge in [0.15, 0.2) is 11.5 Å². The monoisotopic (exact) mass is 288 g/mol. The van der Waals surface area contributed by atoms with Gasteiger partial charge in [-0.3, -0.25) is 9.90 Å². The maximum absolute atomic E-state index is 12.3. The van der Waals surface area contributed by atoms with E-state index in [0.29, 0.717) is 22.6 Å². The van der Waals surface area contributed by atoms with Crippen molar-refractivity contribution in [3.8, 4) is 17.2 Å². The number of ether oxygens (including phenoxy) is 1. The van der Waals surface area contributed by atoms with Gasteiger partial charge in [0.1, 0.15) is 11.5 Å². The number of carbonyl (C=O) groups is 1. The van der Waals surface area contributed by atoms with E-state index in [0.717, 1.165) is 0 Å². The highest BCUT2D eigenvalue weighted by Gasteiger charge is 2.08. The first-order valence-corrected chi connectivity index (χ1v) is 6.78. The highest BCUT2D eigenvalue weighted by molar-refractivity contribution is 6.08. The minimum absolute atomic E-state index is 0.0451. The molecule has 0 heterocycles. The highest BCUT2D eigenvalue weighted by Crippen LogP contribution is 2.24. The number of benzene rings is 3. The zero-order chi connectivity index (χ0) is 15.4. The van der Waals surface area contributed by atoms with Crippen molar-refractivity contribution in [2.75, 3.05) is 0 Å². The smallest absolute Gasteiger partial charge is 0.193 e. The second-order valence-electron chi connectivity index (χ2n) is 4.72. The van der Waals surface area contributed by atoms with Crippen LogP contribution in [0.5, 0.6) is 17.2 Å². The third-order valence-corrected chi connectivity index (χ3v) is 3.16. The summed E-state index contributed by atoms with van der Waals surface area (Å²) in [5.74, 6) is 1.08. The highest BCUT2D eigenvalue weighted by atomic mass is 16.5. The molecule has 0 saturated carbocycles. The second-order valence-corrected chi connectivity index (χ2v) is 4.72. The summed E-state index contributed by atoms with van der Waals surface area (Å²) in [6, 6.07) is 22.8. The molecule has 106 valence electrons. The molecule has 0 saturated heterocycles. The van der Waals surface area contributed by atoms with Crippen molar-refractivity contribution in [2.45, 2.75) is 0 Å². The number of hydrogen-bond donors (Lipinski definition) is 0. The Morgan fingerprint density at radius 2 is 1.23 bits per heavy atom. The summed E-state index contributed by atoms with van der Waals surface area (Å²) in [6.45, 7) is 0. The lowest BCUT2D eigenvalue weighted by atomic mass is 10.0. The van der Waals surface area contributed by atoms with Gasteiger partial charge >= 0.3 is 0 Å². The lowest BCUT2D eigenvalue weighted by Crippen LogP contribution is -2.00. The molecule has 0 fully saturated rings. The van der Waals surface area contributed by atoms with Crippen LogP contribution in [-0.4, -0.2) is 5.78 Å². The van der Waals surface area contributed by atoms with Crippen molar-refractivity contribution in [1.82, 2.24) is 0 Å². The molecular weight excluding hydrogens is 276 g/mol.